The highest BCUT2D eigenvalue weighted by Gasteiger charge is 2.11. The Morgan fingerprint density at radius 3 is 2.86 bits per heavy atom. The SMILES string of the molecule is N#Cc1cc[n+]([O-])c2c(Br)cccc12. The molecule has 0 aliphatic rings. The molecule has 0 bridgehead atoms. The lowest BCUT2D eigenvalue weighted by Gasteiger charge is -2.03. The molecule has 0 saturated carbocycles. The Morgan fingerprint density at radius 2 is 2.14 bits per heavy atom. The highest BCUT2D eigenvalue weighted by atomic mass is 79.9. The smallest absolute Gasteiger partial charge is 0.239 e. The Kier molecular flexibility index (Phi) is 2.10. The Morgan fingerprint density at radius 1 is 1.36 bits per heavy atom. The fraction of sp³-hybridized carbons (Fsp3) is 0. The molecule has 0 amide bonds. The highest BCUT2D eigenvalue weighted by Crippen LogP contribution is 2.22. The van der Waals surface area contributed by atoms with Crippen LogP contribution in [0.15, 0.2) is 34.9 Å². The molecule has 1 heterocycles. The van der Waals surface area contributed by atoms with Crippen LogP contribution in [0.4, 0.5) is 0 Å². The zero-order valence-corrected chi connectivity index (χ0v) is 8.65. The first-order valence-corrected chi connectivity index (χ1v) is 4.74. The summed E-state index contributed by atoms with van der Waals surface area (Å²) in [6.07, 6.45) is 1.34. The molecule has 0 atom stereocenters. The summed E-state index contributed by atoms with van der Waals surface area (Å²) in [4.78, 5) is 0. The van der Waals surface area contributed by atoms with Gasteiger partial charge in [0.2, 0.25) is 5.52 Å². The molecule has 0 saturated heterocycles. The van der Waals surface area contributed by atoms with Crippen molar-refractivity contribution in [3.63, 3.8) is 0 Å². The Hall–Kier alpha value is -1.60. The van der Waals surface area contributed by atoms with Gasteiger partial charge in [0.25, 0.3) is 0 Å². The summed E-state index contributed by atoms with van der Waals surface area (Å²) in [5.41, 5.74) is 1.000. The van der Waals surface area contributed by atoms with Crippen LogP contribution in [-0.4, -0.2) is 0 Å². The summed E-state index contributed by atoms with van der Waals surface area (Å²) >= 11 is 3.28. The molecule has 1 aromatic heterocycles. The van der Waals surface area contributed by atoms with Crippen LogP contribution in [0.1, 0.15) is 5.56 Å². The first-order valence-electron chi connectivity index (χ1n) is 3.94. The summed E-state index contributed by atoms with van der Waals surface area (Å²) < 4.78 is 1.45. The van der Waals surface area contributed by atoms with E-state index in [9.17, 15) is 5.21 Å². The number of fused-ring (bicyclic) bond motifs is 1. The van der Waals surface area contributed by atoms with E-state index in [0.717, 1.165) is 4.73 Å². The van der Waals surface area contributed by atoms with E-state index in [1.54, 1.807) is 18.2 Å². The molecule has 2 rings (SSSR count). The third-order valence-corrected chi connectivity index (χ3v) is 2.63. The zero-order valence-electron chi connectivity index (χ0n) is 7.07. The minimum atomic E-state index is 0.492. The summed E-state index contributed by atoms with van der Waals surface area (Å²) in [5, 5.41) is 21.0. The van der Waals surface area contributed by atoms with Crippen molar-refractivity contribution in [2.75, 3.05) is 0 Å². The van der Waals surface area contributed by atoms with E-state index in [4.69, 9.17) is 5.26 Å². The van der Waals surface area contributed by atoms with Gasteiger partial charge in [0.1, 0.15) is 6.07 Å². The molecule has 14 heavy (non-hydrogen) atoms. The average molecular weight is 249 g/mol. The molecule has 68 valence electrons. The van der Waals surface area contributed by atoms with Gasteiger partial charge >= 0.3 is 0 Å². The Labute approximate surface area is 88.9 Å². The third-order valence-electron chi connectivity index (χ3n) is 1.99. The van der Waals surface area contributed by atoms with E-state index in [1.165, 1.54) is 12.3 Å². The summed E-state index contributed by atoms with van der Waals surface area (Å²) in [6, 6.07) is 8.90. The number of hydrogen-bond donors (Lipinski definition) is 0. The maximum absolute atomic E-state index is 11.4. The number of hydrogen-bond acceptors (Lipinski definition) is 2. The maximum atomic E-state index is 11.4. The highest BCUT2D eigenvalue weighted by molar-refractivity contribution is 9.10. The van der Waals surface area contributed by atoms with Crippen molar-refractivity contribution in [3.05, 3.63) is 45.7 Å². The van der Waals surface area contributed by atoms with E-state index in [-0.39, 0.29) is 0 Å². The van der Waals surface area contributed by atoms with Crippen molar-refractivity contribution < 1.29 is 4.73 Å². The topological polar surface area (TPSA) is 50.7 Å². The molecular weight excluding hydrogens is 244 g/mol. The second-order valence-electron chi connectivity index (χ2n) is 2.80. The van der Waals surface area contributed by atoms with Crippen LogP contribution in [0, 0.1) is 16.5 Å². The molecule has 0 N–H and O–H groups in total. The number of nitrogens with zero attached hydrogens (tertiary/aromatic N) is 2. The van der Waals surface area contributed by atoms with E-state index in [1.807, 2.05) is 0 Å². The van der Waals surface area contributed by atoms with Crippen LogP contribution in [0.25, 0.3) is 10.9 Å². The predicted octanol–water partition coefficient (Wildman–Crippen LogP) is 2.11. The monoisotopic (exact) mass is 248 g/mol. The molecule has 2 aromatic rings. The quantitative estimate of drug-likeness (QED) is 0.530. The van der Waals surface area contributed by atoms with Gasteiger partial charge < -0.3 is 5.21 Å². The van der Waals surface area contributed by atoms with Gasteiger partial charge in [-0.3, -0.25) is 0 Å². The van der Waals surface area contributed by atoms with Gasteiger partial charge in [-0.1, -0.05) is 6.07 Å². The van der Waals surface area contributed by atoms with Gasteiger partial charge in [-0.2, -0.15) is 9.99 Å². The third kappa shape index (κ3) is 1.22. The van der Waals surface area contributed by atoms with Gasteiger partial charge in [-0.05, 0) is 28.1 Å². The lowest BCUT2D eigenvalue weighted by Crippen LogP contribution is -2.26. The van der Waals surface area contributed by atoms with Crippen LogP contribution in [0.3, 0.4) is 0 Å². The van der Waals surface area contributed by atoms with E-state index in [2.05, 4.69) is 22.0 Å². The van der Waals surface area contributed by atoms with Gasteiger partial charge in [0, 0.05) is 6.07 Å². The van der Waals surface area contributed by atoms with Gasteiger partial charge in [0.05, 0.1) is 15.4 Å². The Balaban J connectivity index is 3.00. The molecule has 1 aromatic carbocycles. The average Bonchev–Trinajstić information content (AvgIpc) is 2.18. The van der Waals surface area contributed by atoms with E-state index < -0.39 is 0 Å². The van der Waals surface area contributed by atoms with E-state index in [0.29, 0.717) is 20.9 Å². The molecule has 0 unspecified atom stereocenters. The molecular formula is C10H5BrN2O. The van der Waals surface area contributed by atoms with Crippen LogP contribution < -0.4 is 4.73 Å². The summed E-state index contributed by atoms with van der Waals surface area (Å²) in [5.74, 6) is 0. The van der Waals surface area contributed by atoms with Crippen molar-refractivity contribution in [1.82, 2.24) is 0 Å². The van der Waals surface area contributed by atoms with Crippen molar-refractivity contribution in [2.45, 2.75) is 0 Å². The molecule has 0 aliphatic carbocycles. The van der Waals surface area contributed by atoms with Gasteiger partial charge in [-0.15, -0.1) is 0 Å². The molecule has 0 radical (unpaired) electrons. The number of benzene rings is 1. The maximum Gasteiger partial charge on any atom is 0.239 e. The minimum absolute atomic E-state index is 0.492. The molecule has 0 spiro atoms. The second kappa shape index (κ2) is 3.28. The number of halogens is 1. The zero-order chi connectivity index (χ0) is 10.1. The van der Waals surface area contributed by atoms with Crippen LogP contribution in [-0.2, 0) is 0 Å². The van der Waals surface area contributed by atoms with Crippen LogP contribution >= 0.6 is 15.9 Å². The van der Waals surface area contributed by atoms with Crippen LogP contribution in [0.2, 0.25) is 0 Å². The predicted molar refractivity (Wildman–Crippen MR) is 55.3 cm³/mol. The first kappa shape index (κ1) is 8.97. The number of aromatic nitrogens is 1. The first-order chi connectivity index (χ1) is 6.74. The number of rotatable bonds is 0. The fourth-order valence-corrected chi connectivity index (χ4v) is 1.90. The van der Waals surface area contributed by atoms with Gasteiger partial charge in [0.15, 0.2) is 6.20 Å². The fourth-order valence-electron chi connectivity index (χ4n) is 1.36. The largest absolute Gasteiger partial charge is 0.618 e. The molecule has 0 fully saturated rings. The standard InChI is InChI=1S/C10H5BrN2O/c11-9-3-1-2-8-7(6-12)4-5-13(14)10(8)9/h1-5H. The van der Waals surface area contributed by atoms with Gasteiger partial charge in [-0.25, -0.2) is 0 Å². The number of pyridine rings is 1. The van der Waals surface area contributed by atoms with E-state index >= 15 is 0 Å². The lowest BCUT2D eigenvalue weighted by atomic mass is 10.1. The Bertz CT molecular complexity index is 537. The molecule has 0 aliphatic heterocycles. The van der Waals surface area contributed by atoms with Crippen molar-refractivity contribution >= 4 is 26.8 Å². The molecule has 4 heteroatoms. The van der Waals surface area contributed by atoms with Crippen molar-refractivity contribution in [1.29, 1.82) is 5.26 Å². The summed E-state index contributed by atoms with van der Waals surface area (Å²) in [6.45, 7) is 0. The number of nitriles is 1. The molecule has 3 nitrogen and oxygen atoms in total. The van der Waals surface area contributed by atoms with Crippen LogP contribution in [0.5, 0.6) is 0 Å². The lowest BCUT2D eigenvalue weighted by molar-refractivity contribution is -0.577. The number of para-hydroxylation sites is 1. The summed E-state index contributed by atoms with van der Waals surface area (Å²) in [7, 11) is 0. The normalized spacial score (nSPS) is 10.0. The second-order valence-corrected chi connectivity index (χ2v) is 3.66. The van der Waals surface area contributed by atoms with Crippen molar-refractivity contribution in [2.24, 2.45) is 0 Å². The van der Waals surface area contributed by atoms with Crippen molar-refractivity contribution in [3.8, 4) is 6.07 Å². The minimum Gasteiger partial charge on any atom is -0.618 e.